The molecule has 1 N–H and O–H groups in total. The quantitative estimate of drug-likeness (QED) is 0.533. The van der Waals surface area contributed by atoms with Gasteiger partial charge in [0.05, 0.1) is 13.7 Å². The zero-order valence-electron chi connectivity index (χ0n) is 16.6. The average molecular weight is 414 g/mol. The Morgan fingerprint density at radius 3 is 2.47 bits per heavy atom. The number of hydrogen-bond donors (Lipinski definition) is 1. The summed E-state index contributed by atoms with van der Waals surface area (Å²) in [6.45, 7) is 1.72. The Morgan fingerprint density at radius 1 is 1.07 bits per heavy atom. The van der Waals surface area contributed by atoms with Crippen LogP contribution in [0.2, 0.25) is 0 Å². The van der Waals surface area contributed by atoms with Crippen LogP contribution in [0.1, 0.15) is 17.5 Å². The third kappa shape index (κ3) is 5.09. The molecule has 0 aliphatic carbocycles. The van der Waals surface area contributed by atoms with E-state index in [1.807, 2.05) is 0 Å². The molecule has 3 aromatic rings. The first-order valence-electron chi connectivity index (χ1n) is 9.33. The van der Waals surface area contributed by atoms with Gasteiger partial charge in [-0.05, 0) is 43.3 Å². The lowest BCUT2D eigenvalue weighted by molar-refractivity contribution is 0.0490. The number of methoxy groups -OCH3 is 1. The van der Waals surface area contributed by atoms with Crippen molar-refractivity contribution in [1.82, 2.24) is 0 Å². The molecule has 2 aromatic carbocycles. The Labute approximate surface area is 172 Å². The Kier molecular flexibility index (Phi) is 6.92. The van der Waals surface area contributed by atoms with Crippen molar-refractivity contribution >= 4 is 16.9 Å². The van der Waals surface area contributed by atoms with E-state index in [9.17, 15) is 14.7 Å². The third-order valence-electron chi connectivity index (χ3n) is 4.13. The molecule has 0 aliphatic rings. The van der Waals surface area contributed by atoms with Gasteiger partial charge in [0.15, 0.2) is 5.43 Å². The van der Waals surface area contributed by atoms with E-state index in [1.54, 1.807) is 56.5 Å². The van der Waals surface area contributed by atoms with E-state index in [-0.39, 0.29) is 42.3 Å². The summed E-state index contributed by atoms with van der Waals surface area (Å²) in [4.78, 5) is 24.3. The molecule has 1 heterocycles. The second-order valence-corrected chi connectivity index (χ2v) is 6.28. The number of hydrogen-bond acceptors (Lipinski definition) is 8. The number of ether oxygens (including phenoxy) is 4. The van der Waals surface area contributed by atoms with E-state index in [0.717, 1.165) is 6.07 Å². The maximum absolute atomic E-state index is 12.5. The molecular formula is C22H22O8. The van der Waals surface area contributed by atoms with Crippen LogP contribution in [0.5, 0.6) is 17.2 Å². The molecule has 0 radical (unpaired) electrons. The Morgan fingerprint density at radius 2 is 1.77 bits per heavy atom. The molecule has 3 rings (SSSR count). The van der Waals surface area contributed by atoms with Crippen LogP contribution < -0.4 is 19.6 Å². The van der Waals surface area contributed by atoms with Crippen molar-refractivity contribution in [2.75, 3.05) is 26.9 Å². The van der Waals surface area contributed by atoms with Gasteiger partial charge in [-0.15, -0.1) is 0 Å². The normalized spacial score (nSPS) is 11.7. The maximum atomic E-state index is 12.5. The molecule has 158 valence electrons. The first-order chi connectivity index (χ1) is 14.5. The van der Waals surface area contributed by atoms with Crippen LogP contribution in [0, 0.1) is 0 Å². The molecule has 0 saturated carbocycles. The number of esters is 1. The zero-order chi connectivity index (χ0) is 21.5. The summed E-state index contributed by atoms with van der Waals surface area (Å²) >= 11 is 0. The summed E-state index contributed by atoms with van der Waals surface area (Å²) in [5, 5.41) is 10.3. The van der Waals surface area contributed by atoms with Crippen LogP contribution in [0.15, 0.2) is 57.7 Å². The van der Waals surface area contributed by atoms with Gasteiger partial charge >= 0.3 is 5.97 Å². The van der Waals surface area contributed by atoms with Gasteiger partial charge in [0.2, 0.25) is 5.76 Å². The first-order valence-corrected chi connectivity index (χ1v) is 9.33. The maximum Gasteiger partial charge on any atom is 0.374 e. The molecule has 8 heteroatoms. The molecule has 0 amide bonds. The number of fused-ring (bicyclic) bond motifs is 1. The monoisotopic (exact) mass is 414 g/mol. The second kappa shape index (κ2) is 9.80. The lowest BCUT2D eigenvalue weighted by atomic mass is 10.2. The lowest BCUT2D eigenvalue weighted by Gasteiger charge is -2.14. The third-order valence-corrected chi connectivity index (χ3v) is 4.13. The summed E-state index contributed by atoms with van der Waals surface area (Å²) in [5.41, 5.74) is -0.258. The van der Waals surface area contributed by atoms with Gasteiger partial charge in [0.1, 0.15) is 47.5 Å². The van der Waals surface area contributed by atoms with Gasteiger partial charge in [0, 0.05) is 6.07 Å². The predicted molar refractivity (Wildman–Crippen MR) is 108 cm³/mol. The number of rotatable bonds is 9. The van der Waals surface area contributed by atoms with E-state index in [0.29, 0.717) is 11.5 Å². The molecule has 30 heavy (non-hydrogen) atoms. The molecule has 8 nitrogen and oxygen atoms in total. The molecule has 1 aromatic heterocycles. The molecule has 0 bridgehead atoms. The summed E-state index contributed by atoms with van der Waals surface area (Å²) in [6, 6.07) is 12.8. The zero-order valence-corrected chi connectivity index (χ0v) is 16.6. The van der Waals surface area contributed by atoms with Crippen LogP contribution in [0.3, 0.4) is 0 Å². The van der Waals surface area contributed by atoms with Gasteiger partial charge in [0.25, 0.3) is 0 Å². The number of carbonyl (C=O) groups is 1. The minimum Gasteiger partial charge on any atom is -0.497 e. The Hall–Kier alpha value is -3.52. The van der Waals surface area contributed by atoms with Crippen molar-refractivity contribution in [1.29, 1.82) is 0 Å². The Bertz CT molecular complexity index is 1050. The van der Waals surface area contributed by atoms with Crippen molar-refractivity contribution in [3.63, 3.8) is 0 Å². The fraction of sp³-hybridized carbons (Fsp3) is 0.273. The molecule has 0 fully saturated rings. The number of benzene rings is 2. The van der Waals surface area contributed by atoms with Crippen molar-refractivity contribution in [2.45, 2.75) is 13.0 Å². The SMILES string of the molecule is CCOC(=O)c1cc(=O)c2c(OCC(O)COc3ccc(OC)cc3)cccc2o1. The molecule has 0 spiro atoms. The van der Waals surface area contributed by atoms with Crippen LogP contribution in [0.25, 0.3) is 11.0 Å². The molecule has 1 unspecified atom stereocenters. The van der Waals surface area contributed by atoms with E-state index >= 15 is 0 Å². The van der Waals surface area contributed by atoms with Gasteiger partial charge < -0.3 is 28.5 Å². The highest BCUT2D eigenvalue weighted by atomic mass is 16.5. The predicted octanol–water partition coefficient (Wildman–Crippen LogP) is 2.80. The highest BCUT2D eigenvalue weighted by molar-refractivity contribution is 5.90. The fourth-order valence-corrected chi connectivity index (χ4v) is 2.70. The van der Waals surface area contributed by atoms with Crippen LogP contribution in [-0.2, 0) is 4.74 Å². The first kappa shape index (κ1) is 21.2. The molecule has 1 atom stereocenters. The number of carbonyl (C=O) groups excluding carboxylic acids is 1. The second-order valence-electron chi connectivity index (χ2n) is 6.28. The van der Waals surface area contributed by atoms with Gasteiger partial charge in [-0.2, -0.15) is 0 Å². The van der Waals surface area contributed by atoms with E-state index < -0.39 is 17.5 Å². The summed E-state index contributed by atoms with van der Waals surface area (Å²) in [5.74, 6) is 0.618. The summed E-state index contributed by atoms with van der Waals surface area (Å²) < 4.78 is 26.5. The van der Waals surface area contributed by atoms with Crippen LogP contribution in [0.4, 0.5) is 0 Å². The largest absolute Gasteiger partial charge is 0.497 e. The van der Waals surface area contributed by atoms with Crippen LogP contribution >= 0.6 is 0 Å². The summed E-state index contributed by atoms with van der Waals surface area (Å²) in [6.07, 6.45) is -0.937. The Balaban J connectivity index is 1.66. The van der Waals surface area contributed by atoms with Crippen molar-refractivity contribution < 1.29 is 33.3 Å². The lowest BCUT2D eigenvalue weighted by Crippen LogP contribution is -2.25. The average Bonchev–Trinajstić information content (AvgIpc) is 2.76. The summed E-state index contributed by atoms with van der Waals surface area (Å²) in [7, 11) is 1.57. The smallest absolute Gasteiger partial charge is 0.374 e. The van der Waals surface area contributed by atoms with Crippen LogP contribution in [-0.4, -0.2) is 44.1 Å². The fourth-order valence-electron chi connectivity index (χ4n) is 2.70. The standard InChI is InChI=1S/C22H22O8/c1-3-27-22(25)20-11-17(24)21-18(5-4-6-19(21)30-20)29-13-14(23)12-28-16-9-7-15(26-2)8-10-16/h4-11,14,23H,3,12-13H2,1-2H3. The molecule has 0 aliphatic heterocycles. The van der Waals surface area contributed by atoms with Gasteiger partial charge in [-0.3, -0.25) is 4.79 Å². The van der Waals surface area contributed by atoms with E-state index in [2.05, 4.69) is 0 Å². The highest BCUT2D eigenvalue weighted by Gasteiger charge is 2.16. The minimum absolute atomic E-state index is 0.00128. The van der Waals surface area contributed by atoms with E-state index in [1.165, 1.54) is 0 Å². The highest BCUT2D eigenvalue weighted by Crippen LogP contribution is 2.24. The van der Waals surface area contributed by atoms with E-state index in [4.69, 9.17) is 23.4 Å². The molecular weight excluding hydrogens is 392 g/mol. The van der Waals surface area contributed by atoms with Crippen molar-refractivity contribution in [2.24, 2.45) is 0 Å². The topological polar surface area (TPSA) is 104 Å². The minimum atomic E-state index is -0.937. The molecule has 0 saturated heterocycles. The van der Waals surface area contributed by atoms with Crippen molar-refractivity contribution in [3.05, 3.63) is 64.5 Å². The van der Waals surface area contributed by atoms with Crippen molar-refractivity contribution in [3.8, 4) is 17.2 Å². The van der Waals surface area contributed by atoms with Gasteiger partial charge in [-0.25, -0.2) is 4.79 Å². The number of aliphatic hydroxyl groups excluding tert-OH is 1. The van der Waals surface area contributed by atoms with Gasteiger partial charge in [-0.1, -0.05) is 6.07 Å². The number of aliphatic hydroxyl groups is 1.